The number of alkyl halides is 3. The van der Waals surface area contributed by atoms with Gasteiger partial charge in [-0.3, -0.25) is 9.88 Å². The van der Waals surface area contributed by atoms with Crippen molar-refractivity contribution in [3.8, 4) is 11.4 Å². The topological polar surface area (TPSA) is 54.4 Å². The minimum Gasteiger partial charge on any atom is -0.381 e. The molecule has 4 heterocycles. The van der Waals surface area contributed by atoms with Gasteiger partial charge >= 0.3 is 6.18 Å². The fourth-order valence-corrected chi connectivity index (χ4v) is 3.62. The van der Waals surface area contributed by atoms with Gasteiger partial charge in [0.2, 0.25) is 0 Å². The number of ether oxygens (including phenoxy) is 1. The van der Waals surface area contributed by atoms with Gasteiger partial charge in [-0.1, -0.05) is 0 Å². The van der Waals surface area contributed by atoms with Crippen LogP contribution >= 0.6 is 0 Å². The quantitative estimate of drug-likeness (QED) is 0.796. The summed E-state index contributed by atoms with van der Waals surface area (Å²) < 4.78 is 45.6. The van der Waals surface area contributed by atoms with Crippen LogP contribution in [0.4, 0.5) is 19.0 Å². The van der Waals surface area contributed by atoms with Gasteiger partial charge < -0.3 is 9.64 Å². The Morgan fingerprint density at radius 2 is 1.96 bits per heavy atom. The normalized spacial score (nSPS) is 21.2. The van der Waals surface area contributed by atoms with Crippen LogP contribution in [0.3, 0.4) is 0 Å². The van der Waals surface area contributed by atoms with Crippen molar-refractivity contribution in [1.82, 2.24) is 19.9 Å². The van der Waals surface area contributed by atoms with E-state index >= 15 is 0 Å². The third kappa shape index (κ3) is 4.41. The lowest BCUT2D eigenvalue weighted by Gasteiger charge is -2.36. The molecule has 0 aliphatic carbocycles. The van der Waals surface area contributed by atoms with E-state index in [-0.39, 0.29) is 5.82 Å². The summed E-state index contributed by atoms with van der Waals surface area (Å²) in [6.07, 6.45) is -0.415. The monoisotopic (exact) mass is 393 g/mol. The van der Waals surface area contributed by atoms with Crippen LogP contribution in [0.25, 0.3) is 11.4 Å². The molecule has 0 spiro atoms. The van der Waals surface area contributed by atoms with Crippen molar-refractivity contribution in [2.75, 3.05) is 50.8 Å². The van der Waals surface area contributed by atoms with Crippen LogP contribution < -0.4 is 4.90 Å². The molecule has 0 aromatic carbocycles. The minimum atomic E-state index is -4.53. The van der Waals surface area contributed by atoms with Crippen molar-refractivity contribution in [3.63, 3.8) is 0 Å². The number of halogens is 3. The first-order chi connectivity index (χ1) is 13.5. The lowest BCUT2D eigenvalue weighted by atomic mass is 10.1. The summed E-state index contributed by atoms with van der Waals surface area (Å²) in [5.74, 6) is 0.910. The van der Waals surface area contributed by atoms with Gasteiger partial charge in [-0.25, -0.2) is 9.97 Å². The zero-order valence-electron chi connectivity index (χ0n) is 15.4. The second-order valence-corrected chi connectivity index (χ2v) is 7.19. The summed E-state index contributed by atoms with van der Waals surface area (Å²) in [4.78, 5) is 16.3. The number of anilines is 1. The fourth-order valence-electron chi connectivity index (χ4n) is 3.62. The number of piperazine rings is 1. The van der Waals surface area contributed by atoms with Crippen molar-refractivity contribution in [2.45, 2.75) is 12.6 Å². The lowest BCUT2D eigenvalue weighted by molar-refractivity contribution is -0.141. The van der Waals surface area contributed by atoms with Crippen molar-refractivity contribution in [2.24, 2.45) is 5.92 Å². The molecule has 2 aliphatic rings. The van der Waals surface area contributed by atoms with E-state index in [9.17, 15) is 13.2 Å². The van der Waals surface area contributed by atoms with Crippen LogP contribution in [-0.4, -0.2) is 65.8 Å². The number of aromatic nitrogens is 3. The van der Waals surface area contributed by atoms with Gasteiger partial charge in [0.15, 0.2) is 11.5 Å². The van der Waals surface area contributed by atoms with E-state index in [0.717, 1.165) is 45.3 Å². The number of hydrogen-bond donors (Lipinski definition) is 0. The van der Waals surface area contributed by atoms with Crippen molar-refractivity contribution in [3.05, 3.63) is 36.3 Å². The Balaban J connectivity index is 1.52. The number of hydrogen-bond acceptors (Lipinski definition) is 6. The van der Waals surface area contributed by atoms with E-state index in [2.05, 4.69) is 19.9 Å². The summed E-state index contributed by atoms with van der Waals surface area (Å²) in [6.45, 7) is 5.46. The number of rotatable bonds is 4. The summed E-state index contributed by atoms with van der Waals surface area (Å²) >= 11 is 0. The molecule has 2 aromatic rings. The predicted octanol–water partition coefficient (Wildman–Crippen LogP) is 2.72. The average molecular weight is 393 g/mol. The van der Waals surface area contributed by atoms with Crippen LogP contribution in [0, 0.1) is 5.92 Å². The van der Waals surface area contributed by atoms with E-state index in [4.69, 9.17) is 4.74 Å². The highest BCUT2D eigenvalue weighted by Gasteiger charge is 2.35. The highest BCUT2D eigenvalue weighted by Crippen LogP contribution is 2.32. The zero-order valence-corrected chi connectivity index (χ0v) is 15.4. The molecule has 1 atom stereocenters. The van der Waals surface area contributed by atoms with Gasteiger partial charge in [0.25, 0.3) is 0 Å². The van der Waals surface area contributed by atoms with Crippen LogP contribution in [0.1, 0.15) is 12.1 Å². The first kappa shape index (κ1) is 19.1. The molecule has 0 N–H and O–H groups in total. The summed E-state index contributed by atoms with van der Waals surface area (Å²) in [7, 11) is 0. The van der Waals surface area contributed by atoms with Crippen molar-refractivity contribution < 1.29 is 17.9 Å². The molecule has 0 bridgehead atoms. The summed E-state index contributed by atoms with van der Waals surface area (Å²) in [5, 5.41) is 0. The lowest BCUT2D eigenvalue weighted by Crippen LogP contribution is -2.48. The highest BCUT2D eigenvalue weighted by molar-refractivity contribution is 5.57. The SMILES string of the molecule is FC(F)(F)c1cc(N2CCN(CC3CCOC3)CC2)nc(-c2cccnc2)n1. The Morgan fingerprint density at radius 1 is 1.14 bits per heavy atom. The second kappa shape index (κ2) is 8.00. The van der Waals surface area contributed by atoms with Crippen molar-refractivity contribution in [1.29, 1.82) is 0 Å². The molecule has 4 rings (SSSR count). The third-order valence-electron chi connectivity index (χ3n) is 5.16. The molecule has 2 saturated heterocycles. The van der Waals surface area contributed by atoms with Crippen LogP contribution in [0.15, 0.2) is 30.6 Å². The van der Waals surface area contributed by atoms with Gasteiger partial charge in [0.05, 0.1) is 6.61 Å². The third-order valence-corrected chi connectivity index (χ3v) is 5.16. The Bertz CT molecular complexity index is 788. The molecular formula is C19H22F3N5O. The Labute approximate surface area is 161 Å². The first-order valence-corrected chi connectivity index (χ1v) is 9.41. The van der Waals surface area contributed by atoms with E-state index in [1.165, 1.54) is 6.20 Å². The van der Waals surface area contributed by atoms with Crippen LogP contribution in [0.2, 0.25) is 0 Å². The molecule has 0 amide bonds. The molecule has 2 aromatic heterocycles. The van der Waals surface area contributed by atoms with Crippen LogP contribution in [-0.2, 0) is 10.9 Å². The minimum absolute atomic E-state index is 0.0449. The van der Waals surface area contributed by atoms with Gasteiger partial charge in [-0.05, 0) is 24.5 Å². The highest BCUT2D eigenvalue weighted by atomic mass is 19.4. The smallest absolute Gasteiger partial charge is 0.381 e. The largest absolute Gasteiger partial charge is 0.433 e. The van der Waals surface area contributed by atoms with Gasteiger partial charge in [0.1, 0.15) is 5.82 Å². The molecule has 0 saturated carbocycles. The molecule has 28 heavy (non-hydrogen) atoms. The summed E-state index contributed by atoms with van der Waals surface area (Å²) in [6, 6.07) is 4.36. The second-order valence-electron chi connectivity index (χ2n) is 7.19. The molecule has 2 fully saturated rings. The van der Waals surface area contributed by atoms with Gasteiger partial charge in [-0.15, -0.1) is 0 Å². The summed E-state index contributed by atoms with van der Waals surface area (Å²) in [5.41, 5.74) is -0.461. The molecule has 150 valence electrons. The van der Waals surface area contributed by atoms with E-state index < -0.39 is 11.9 Å². The maximum Gasteiger partial charge on any atom is 0.433 e. The maximum atomic E-state index is 13.4. The molecule has 0 radical (unpaired) electrons. The Hall–Kier alpha value is -2.26. The van der Waals surface area contributed by atoms with E-state index in [1.807, 2.05) is 4.90 Å². The van der Waals surface area contributed by atoms with E-state index in [1.54, 1.807) is 18.3 Å². The Kier molecular flexibility index (Phi) is 5.45. The molecular weight excluding hydrogens is 371 g/mol. The van der Waals surface area contributed by atoms with Crippen LogP contribution in [0.5, 0.6) is 0 Å². The standard InChI is InChI=1S/C19H22F3N5O/c20-19(21,22)16-10-17(25-18(24-16)15-2-1-4-23-11-15)27-7-5-26(6-8-27)12-14-3-9-28-13-14/h1-2,4,10-11,14H,3,5-9,12-13H2. The molecule has 2 aliphatic heterocycles. The zero-order chi connectivity index (χ0) is 19.6. The predicted molar refractivity (Wildman–Crippen MR) is 97.8 cm³/mol. The van der Waals surface area contributed by atoms with Crippen molar-refractivity contribution >= 4 is 5.82 Å². The number of nitrogens with zero attached hydrogens (tertiary/aromatic N) is 5. The Morgan fingerprint density at radius 3 is 2.61 bits per heavy atom. The number of pyridine rings is 1. The molecule has 6 nitrogen and oxygen atoms in total. The van der Waals surface area contributed by atoms with Gasteiger partial charge in [-0.2, -0.15) is 13.2 Å². The van der Waals surface area contributed by atoms with Gasteiger partial charge in [0, 0.05) is 63.4 Å². The first-order valence-electron chi connectivity index (χ1n) is 9.41. The average Bonchev–Trinajstić information content (AvgIpc) is 3.21. The molecule has 9 heteroatoms. The van der Waals surface area contributed by atoms with E-state index in [0.29, 0.717) is 30.4 Å². The maximum absolute atomic E-state index is 13.4. The molecule has 1 unspecified atom stereocenters. The fraction of sp³-hybridized carbons (Fsp3) is 0.526.